The van der Waals surface area contributed by atoms with E-state index in [1.807, 2.05) is 6.92 Å². The van der Waals surface area contributed by atoms with E-state index in [-0.39, 0.29) is 12.0 Å². The zero-order chi connectivity index (χ0) is 13.0. The highest BCUT2D eigenvalue weighted by atomic mass is 35.5. The topological polar surface area (TPSA) is 60.5 Å². The first kappa shape index (κ1) is 13.1. The average Bonchev–Trinajstić information content (AvgIpc) is 2.85. The minimum absolute atomic E-state index is 0.00896. The lowest BCUT2D eigenvalue weighted by molar-refractivity contribution is 0.0955. The van der Waals surface area contributed by atoms with Gasteiger partial charge in [-0.2, -0.15) is 0 Å². The van der Waals surface area contributed by atoms with Gasteiger partial charge in [0.1, 0.15) is 11.1 Å². The number of hydrogen-bond acceptors (Lipinski definition) is 4. The van der Waals surface area contributed by atoms with Gasteiger partial charge in [-0.25, -0.2) is 4.98 Å². The molecule has 1 amide bonds. The van der Waals surface area contributed by atoms with Crippen LogP contribution in [0.5, 0.6) is 5.88 Å². The van der Waals surface area contributed by atoms with Gasteiger partial charge in [0, 0.05) is 19.2 Å². The fraction of sp³-hybridized carbons (Fsp3) is 0.500. The van der Waals surface area contributed by atoms with Crippen molar-refractivity contribution >= 4 is 17.5 Å². The van der Waals surface area contributed by atoms with E-state index in [0.29, 0.717) is 36.2 Å². The molecule has 2 heterocycles. The SMILES string of the molecule is CCNC(=O)c1cnc(OC2CCOC2)c(Cl)c1. The van der Waals surface area contributed by atoms with Crippen molar-refractivity contribution in [2.45, 2.75) is 19.4 Å². The van der Waals surface area contributed by atoms with Crippen molar-refractivity contribution < 1.29 is 14.3 Å². The summed E-state index contributed by atoms with van der Waals surface area (Å²) in [5.41, 5.74) is 0.428. The maximum absolute atomic E-state index is 11.6. The van der Waals surface area contributed by atoms with Gasteiger partial charge in [0.2, 0.25) is 5.88 Å². The smallest absolute Gasteiger partial charge is 0.252 e. The van der Waals surface area contributed by atoms with E-state index in [1.165, 1.54) is 6.20 Å². The number of hydrogen-bond donors (Lipinski definition) is 1. The van der Waals surface area contributed by atoms with Crippen molar-refractivity contribution in [3.8, 4) is 5.88 Å². The minimum Gasteiger partial charge on any atom is -0.471 e. The Balaban J connectivity index is 2.06. The predicted octanol–water partition coefficient (Wildman–Crippen LogP) is 1.65. The molecule has 1 unspecified atom stereocenters. The van der Waals surface area contributed by atoms with Crippen molar-refractivity contribution in [2.75, 3.05) is 19.8 Å². The summed E-state index contributed by atoms with van der Waals surface area (Å²) in [4.78, 5) is 15.7. The number of aromatic nitrogens is 1. The summed E-state index contributed by atoms with van der Waals surface area (Å²) >= 11 is 6.04. The maximum Gasteiger partial charge on any atom is 0.252 e. The molecule has 1 aliphatic rings. The molecular formula is C12H15ClN2O3. The summed E-state index contributed by atoms with van der Waals surface area (Å²) < 4.78 is 10.8. The van der Waals surface area contributed by atoms with Crippen LogP contribution in [-0.4, -0.2) is 36.8 Å². The lowest BCUT2D eigenvalue weighted by Crippen LogP contribution is -2.23. The Kier molecular flexibility index (Phi) is 4.38. The summed E-state index contributed by atoms with van der Waals surface area (Å²) in [6.07, 6.45) is 2.28. The predicted molar refractivity (Wildman–Crippen MR) is 67.1 cm³/mol. The first-order chi connectivity index (χ1) is 8.70. The van der Waals surface area contributed by atoms with Crippen LogP contribution < -0.4 is 10.1 Å². The highest BCUT2D eigenvalue weighted by Crippen LogP contribution is 2.25. The molecule has 6 heteroatoms. The minimum atomic E-state index is -0.192. The number of nitrogens with zero attached hydrogens (tertiary/aromatic N) is 1. The molecule has 1 aromatic rings. The Morgan fingerprint density at radius 3 is 3.17 bits per heavy atom. The van der Waals surface area contributed by atoms with Gasteiger partial charge in [-0.05, 0) is 13.0 Å². The standard InChI is InChI=1S/C12H15ClN2O3/c1-2-14-11(16)8-5-10(13)12(15-6-8)18-9-3-4-17-7-9/h5-6,9H,2-4,7H2,1H3,(H,14,16). The molecule has 1 aliphatic heterocycles. The lowest BCUT2D eigenvalue weighted by Gasteiger charge is -2.12. The second kappa shape index (κ2) is 6.02. The van der Waals surface area contributed by atoms with E-state index in [4.69, 9.17) is 21.1 Å². The molecule has 1 fully saturated rings. The third-order valence-electron chi connectivity index (χ3n) is 2.57. The highest BCUT2D eigenvalue weighted by molar-refractivity contribution is 6.32. The first-order valence-corrected chi connectivity index (χ1v) is 6.26. The number of carbonyl (C=O) groups excluding carboxylic acids is 1. The fourth-order valence-electron chi connectivity index (χ4n) is 1.66. The molecule has 2 rings (SSSR count). The molecular weight excluding hydrogens is 256 g/mol. The number of carbonyl (C=O) groups is 1. The van der Waals surface area contributed by atoms with Gasteiger partial charge in [-0.15, -0.1) is 0 Å². The van der Waals surface area contributed by atoms with Gasteiger partial charge in [-0.3, -0.25) is 4.79 Å². The van der Waals surface area contributed by atoms with Crippen LogP contribution in [-0.2, 0) is 4.74 Å². The summed E-state index contributed by atoms with van der Waals surface area (Å²) in [5, 5.41) is 3.02. The molecule has 18 heavy (non-hydrogen) atoms. The second-order valence-corrected chi connectivity index (χ2v) is 4.38. The van der Waals surface area contributed by atoms with Gasteiger partial charge < -0.3 is 14.8 Å². The van der Waals surface area contributed by atoms with Gasteiger partial charge in [0.15, 0.2) is 0 Å². The molecule has 1 N–H and O–H groups in total. The van der Waals surface area contributed by atoms with Gasteiger partial charge in [0.25, 0.3) is 5.91 Å². The Labute approximate surface area is 110 Å². The third kappa shape index (κ3) is 3.11. The van der Waals surface area contributed by atoms with Crippen molar-refractivity contribution in [1.82, 2.24) is 10.3 Å². The molecule has 98 valence electrons. The molecule has 0 saturated carbocycles. The van der Waals surface area contributed by atoms with Crippen LogP contribution >= 0.6 is 11.6 Å². The third-order valence-corrected chi connectivity index (χ3v) is 2.84. The Bertz CT molecular complexity index is 433. The van der Waals surface area contributed by atoms with Gasteiger partial charge >= 0.3 is 0 Å². The van der Waals surface area contributed by atoms with Crippen LogP contribution in [0, 0.1) is 0 Å². The molecule has 0 radical (unpaired) electrons. The monoisotopic (exact) mass is 270 g/mol. The maximum atomic E-state index is 11.6. The second-order valence-electron chi connectivity index (χ2n) is 3.97. The molecule has 0 spiro atoms. The number of amides is 1. The molecule has 1 saturated heterocycles. The van der Waals surface area contributed by atoms with Crippen LogP contribution in [0.3, 0.4) is 0 Å². The number of ether oxygens (including phenoxy) is 2. The van der Waals surface area contributed by atoms with E-state index < -0.39 is 0 Å². The molecule has 1 aromatic heterocycles. The number of rotatable bonds is 4. The van der Waals surface area contributed by atoms with Crippen LogP contribution in [0.1, 0.15) is 23.7 Å². The van der Waals surface area contributed by atoms with E-state index in [0.717, 1.165) is 6.42 Å². The number of nitrogens with one attached hydrogen (secondary N) is 1. The number of halogens is 1. The quantitative estimate of drug-likeness (QED) is 0.904. The molecule has 5 nitrogen and oxygen atoms in total. The van der Waals surface area contributed by atoms with Crippen LogP contribution in [0.15, 0.2) is 12.3 Å². The number of pyridine rings is 1. The van der Waals surface area contributed by atoms with Crippen molar-refractivity contribution in [3.63, 3.8) is 0 Å². The summed E-state index contributed by atoms with van der Waals surface area (Å²) in [6.45, 7) is 3.66. The van der Waals surface area contributed by atoms with E-state index in [2.05, 4.69) is 10.3 Å². The van der Waals surface area contributed by atoms with Crippen LogP contribution in [0.25, 0.3) is 0 Å². The zero-order valence-electron chi connectivity index (χ0n) is 10.1. The summed E-state index contributed by atoms with van der Waals surface area (Å²) in [6, 6.07) is 1.56. The zero-order valence-corrected chi connectivity index (χ0v) is 10.9. The lowest BCUT2D eigenvalue weighted by atomic mass is 10.2. The Morgan fingerprint density at radius 1 is 1.72 bits per heavy atom. The van der Waals surface area contributed by atoms with E-state index in [1.54, 1.807) is 6.07 Å². The average molecular weight is 271 g/mol. The summed E-state index contributed by atoms with van der Waals surface area (Å²) in [5.74, 6) is 0.155. The van der Waals surface area contributed by atoms with Crippen LogP contribution in [0.2, 0.25) is 5.02 Å². The molecule has 0 bridgehead atoms. The summed E-state index contributed by atoms with van der Waals surface area (Å²) in [7, 11) is 0. The van der Waals surface area contributed by atoms with E-state index >= 15 is 0 Å². The van der Waals surface area contributed by atoms with Crippen molar-refractivity contribution in [3.05, 3.63) is 22.8 Å². The normalized spacial score (nSPS) is 18.7. The van der Waals surface area contributed by atoms with Gasteiger partial charge in [-0.1, -0.05) is 11.6 Å². The first-order valence-electron chi connectivity index (χ1n) is 5.89. The van der Waals surface area contributed by atoms with Crippen molar-refractivity contribution in [1.29, 1.82) is 0 Å². The van der Waals surface area contributed by atoms with Crippen LogP contribution in [0.4, 0.5) is 0 Å². The Morgan fingerprint density at radius 2 is 2.56 bits per heavy atom. The molecule has 1 atom stereocenters. The van der Waals surface area contributed by atoms with Crippen molar-refractivity contribution in [2.24, 2.45) is 0 Å². The molecule has 0 aromatic carbocycles. The highest BCUT2D eigenvalue weighted by Gasteiger charge is 2.19. The largest absolute Gasteiger partial charge is 0.471 e. The fourth-order valence-corrected chi connectivity index (χ4v) is 1.87. The van der Waals surface area contributed by atoms with E-state index in [9.17, 15) is 4.79 Å². The van der Waals surface area contributed by atoms with Gasteiger partial charge in [0.05, 0.1) is 18.8 Å². The Hall–Kier alpha value is -1.33. The molecule has 0 aliphatic carbocycles.